The van der Waals surface area contributed by atoms with Gasteiger partial charge < -0.3 is 35.2 Å². The zero-order chi connectivity index (χ0) is 39.1. The van der Waals surface area contributed by atoms with E-state index >= 15 is 0 Å². The van der Waals surface area contributed by atoms with Crippen LogP contribution in [0.25, 0.3) is 0 Å². The van der Waals surface area contributed by atoms with Gasteiger partial charge in [0.15, 0.2) is 11.8 Å². The van der Waals surface area contributed by atoms with Crippen molar-refractivity contribution in [2.45, 2.75) is 45.8 Å². The number of esters is 1. The Kier molecular flexibility index (Phi) is 9.25. The van der Waals surface area contributed by atoms with Crippen LogP contribution in [0.15, 0.2) is 59.9 Å². The number of hydrogen-bond donors (Lipinski definition) is 5. The summed E-state index contributed by atoms with van der Waals surface area (Å²) >= 11 is 17.0. The predicted octanol–water partition coefficient (Wildman–Crippen LogP) is 3.11. The largest absolute Gasteiger partial charge is 0.451 e. The molecule has 0 radical (unpaired) electrons. The fourth-order valence-corrected chi connectivity index (χ4v) is 6.73. The van der Waals surface area contributed by atoms with Gasteiger partial charge in [-0.1, -0.05) is 53.5 Å². The van der Waals surface area contributed by atoms with Gasteiger partial charge in [0.1, 0.15) is 6.61 Å². The smallest absolute Gasteiger partial charge is 0.417 e. The van der Waals surface area contributed by atoms with Crippen LogP contribution in [0.4, 0.5) is 31.1 Å². The molecule has 284 valence electrons. The maximum atomic E-state index is 13.9. The van der Waals surface area contributed by atoms with E-state index in [1.165, 1.54) is 24.3 Å². The van der Waals surface area contributed by atoms with Crippen molar-refractivity contribution in [2.75, 3.05) is 19.7 Å². The lowest BCUT2D eigenvalue weighted by atomic mass is 9.85. The third-order valence-corrected chi connectivity index (χ3v) is 9.11. The van der Waals surface area contributed by atoms with E-state index in [9.17, 15) is 55.7 Å². The van der Waals surface area contributed by atoms with E-state index in [0.29, 0.717) is 0 Å². The second-order valence-electron chi connectivity index (χ2n) is 12.1. The Morgan fingerprint density at radius 3 is 2.21 bits per heavy atom. The molecule has 2 aromatic rings. The van der Waals surface area contributed by atoms with Gasteiger partial charge in [0, 0.05) is 0 Å². The average Bonchev–Trinajstić information content (AvgIpc) is 3.61. The number of fused-ring (bicyclic) bond motifs is 1. The minimum absolute atomic E-state index is 0.0188. The highest BCUT2D eigenvalue weighted by atomic mass is 35.6. The molecule has 2 fully saturated rings. The van der Waals surface area contributed by atoms with Crippen molar-refractivity contribution in [2.24, 2.45) is 4.99 Å². The normalized spacial score (nSPS) is 24.8. The molecule has 0 aliphatic carbocycles. The summed E-state index contributed by atoms with van der Waals surface area (Å²) in [5.74, 6) is -7.73. The zero-order valence-corrected chi connectivity index (χ0v) is 28.5. The number of nitrogens with one attached hydrogen (secondary N) is 3. The van der Waals surface area contributed by atoms with Crippen molar-refractivity contribution < 1.29 is 65.2 Å². The van der Waals surface area contributed by atoms with E-state index in [2.05, 4.69) is 27.5 Å². The van der Waals surface area contributed by atoms with Crippen molar-refractivity contribution in [3.8, 4) is 0 Å². The van der Waals surface area contributed by atoms with Crippen molar-refractivity contribution >= 4 is 64.6 Å². The molecule has 53 heavy (non-hydrogen) atoms. The van der Waals surface area contributed by atoms with Crippen LogP contribution >= 0.6 is 34.8 Å². The van der Waals surface area contributed by atoms with Crippen molar-refractivity contribution in [3.05, 3.63) is 82.7 Å². The first-order valence-corrected chi connectivity index (χ1v) is 16.1. The molecule has 4 aliphatic heterocycles. The van der Waals surface area contributed by atoms with E-state index in [-0.39, 0.29) is 35.1 Å². The molecule has 0 unspecified atom stereocenters. The highest BCUT2D eigenvalue weighted by molar-refractivity contribution is 6.67. The van der Waals surface area contributed by atoms with E-state index < -0.39 is 112 Å². The van der Waals surface area contributed by atoms with Gasteiger partial charge in [-0.05, 0) is 30.3 Å². The molecule has 0 aromatic heterocycles. The number of guanidine groups is 1. The number of aliphatic imine (C=N–C) groups is 1. The van der Waals surface area contributed by atoms with Gasteiger partial charge in [-0.3, -0.25) is 19.8 Å². The van der Waals surface area contributed by atoms with Gasteiger partial charge in [0.25, 0.3) is 11.8 Å². The number of carbonyl (C=O) groups excluding carboxylic acids is 4. The Hall–Kier alpha value is -4.50. The lowest BCUT2D eigenvalue weighted by Gasteiger charge is -2.49. The average molecular weight is 816 g/mol. The van der Waals surface area contributed by atoms with Gasteiger partial charge in [0.2, 0.25) is 15.5 Å². The third kappa shape index (κ3) is 6.66. The Labute approximate surface area is 308 Å². The van der Waals surface area contributed by atoms with Crippen LogP contribution in [0.5, 0.6) is 0 Å². The number of halogens is 9. The molecule has 4 atom stereocenters. The summed E-state index contributed by atoms with van der Waals surface area (Å²) < 4.78 is 89.9. The van der Waals surface area contributed by atoms with Gasteiger partial charge in [-0.25, -0.2) is 14.6 Å². The molecule has 6 rings (SSSR count). The summed E-state index contributed by atoms with van der Waals surface area (Å²) in [6, 6.07) is 2.96. The van der Waals surface area contributed by atoms with E-state index in [1.807, 2.05) is 0 Å². The number of nitrogens with zero attached hydrogens (tertiary/aromatic N) is 3. The SMILES string of the molecule is C=C1N[C@H]2[C@H](CN3C(=O)c4ccccc4C3=O)N=C(NC(=O)OCC(Cl)(Cl)Cl)N3C[C@H](OC(=O)c4cc(C(F)(F)F)ccc4C(F)(F)F)C(O)(O)[C@]23N1. The number of imide groups is 1. The number of benzene rings is 2. The fourth-order valence-electron chi connectivity index (χ4n) is 6.56. The second-order valence-corrected chi connectivity index (χ2v) is 14.6. The standard InChI is InChI=1S/C30H23Cl3F6N6O8/c1-12-40-20-18(9-44-21(46)14-4-2-3-5-15(14)22(44)47)41-24(42-25(49)52-11-26(31,32)33)45-10-19(28(50,51)27(20,45)43-12)53-23(48)16-8-13(29(34,35)36)6-7-17(16)30(37,38)39/h2-8,18-20,40,43,50-51H,1,9-11H2,(H,41,42,49)/t18-,19-,20-,27-/m0/s1. The Balaban J connectivity index is 1.39. The van der Waals surface area contributed by atoms with Crippen molar-refractivity contribution in [1.29, 1.82) is 0 Å². The molecule has 2 saturated heterocycles. The maximum Gasteiger partial charge on any atom is 0.417 e. The summed E-state index contributed by atoms with van der Waals surface area (Å²) in [6.45, 7) is 1.38. The number of aliphatic hydroxyl groups is 2. The highest BCUT2D eigenvalue weighted by Gasteiger charge is 2.75. The van der Waals surface area contributed by atoms with E-state index in [1.54, 1.807) is 0 Å². The third-order valence-electron chi connectivity index (χ3n) is 8.78. The van der Waals surface area contributed by atoms with E-state index in [4.69, 9.17) is 44.3 Å². The predicted molar refractivity (Wildman–Crippen MR) is 169 cm³/mol. The second kappa shape index (κ2) is 12.8. The summed E-state index contributed by atoms with van der Waals surface area (Å²) in [6.07, 6.45) is -14.2. The van der Waals surface area contributed by atoms with Crippen LogP contribution in [0, 0.1) is 0 Å². The van der Waals surface area contributed by atoms with Crippen LogP contribution in [0.1, 0.15) is 42.2 Å². The molecule has 14 nitrogen and oxygen atoms in total. The van der Waals surface area contributed by atoms with Gasteiger partial charge in [0.05, 0.1) is 58.8 Å². The minimum Gasteiger partial charge on any atom is -0.451 e. The highest BCUT2D eigenvalue weighted by Crippen LogP contribution is 2.47. The molecule has 23 heteroatoms. The summed E-state index contributed by atoms with van der Waals surface area (Å²) in [4.78, 5) is 58.8. The Morgan fingerprint density at radius 2 is 1.64 bits per heavy atom. The molecule has 0 saturated carbocycles. The van der Waals surface area contributed by atoms with Crippen LogP contribution in [0.2, 0.25) is 0 Å². The lowest BCUT2D eigenvalue weighted by molar-refractivity contribution is -0.257. The van der Waals surface area contributed by atoms with Crippen molar-refractivity contribution in [3.63, 3.8) is 0 Å². The minimum atomic E-state index is -5.35. The molecular formula is C30H23Cl3F6N6O8. The molecule has 4 aliphatic rings. The monoisotopic (exact) mass is 814 g/mol. The van der Waals surface area contributed by atoms with Gasteiger partial charge in [-0.15, -0.1) is 0 Å². The van der Waals surface area contributed by atoms with Gasteiger partial charge in [-0.2, -0.15) is 26.3 Å². The number of alkyl carbamates (subject to hydrolysis) is 1. The lowest BCUT2D eigenvalue weighted by Crippen LogP contribution is -2.78. The van der Waals surface area contributed by atoms with Gasteiger partial charge >= 0.3 is 24.4 Å². The Bertz CT molecular complexity index is 1920. The molecule has 5 N–H and O–H groups in total. The number of carbonyl (C=O) groups is 4. The van der Waals surface area contributed by atoms with E-state index in [0.717, 1.165) is 9.80 Å². The van der Waals surface area contributed by atoms with Crippen molar-refractivity contribution in [1.82, 2.24) is 25.8 Å². The molecule has 3 amide bonds. The molecule has 4 heterocycles. The summed E-state index contributed by atoms with van der Waals surface area (Å²) in [7, 11) is 0. The topological polar surface area (TPSA) is 182 Å². The number of alkyl halides is 9. The first kappa shape index (κ1) is 38.2. The first-order chi connectivity index (χ1) is 24.5. The molecule has 0 bridgehead atoms. The summed E-state index contributed by atoms with van der Waals surface area (Å²) in [5.41, 5.74) is -7.42. The Morgan fingerprint density at radius 1 is 1.02 bits per heavy atom. The maximum absolute atomic E-state index is 13.9. The number of rotatable bonds is 5. The molecular weight excluding hydrogens is 793 g/mol. The van der Waals surface area contributed by atoms with Crippen LogP contribution < -0.4 is 16.0 Å². The number of hydrogen-bond acceptors (Lipinski definition) is 12. The first-order valence-electron chi connectivity index (χ1n) is 14.9. The zero-order valence-electron chi connectivity index (χ0n) is 26.2. The fraction of sp³-hybridized carbons (Fsp3) is 0.367. The van der Waals surface area contributed by atoms with Crippen LogP contribution in [-0.2, 0) is 21.8 Å². The number of amides is 3. The number of ether oxygens (including phenoxy) is 2. The van der Waals surface area contributed by atoms with Crippen LogP contribution in [0.3, 0.4) is 0 Å². The molecule has 1 spiro atoms. The van der Waals surface area contributed by atoms with Crippen LogP contribution in [-0.4, -0.2) is 103 Å². The summed E-state index contributed by atoms with van der Waals surface area (Å²) in [5, 5.41) is 31.3. The quantitative estimate of drug-likeness (QED) is 0.0984. The molecule has 2 aromatic carbocycles.